The summed E-state index contributed by atoms with van der Waals surface area (Å²) in [5, 5.41) is 5.36. The summed E-state index contributed by atoms with van der Waals surface area (Å²) < 4.78 is 4.91. The lowest BCUT2D eigenvalue weighted by atomic mass is 9.96. The summed E-state index contributed by atoms with van der Waals surface area (Å²) in [4.78, 5) is 38.6. The topological polar surface area (TPSA) is 75.7 Å². The Labute approximate surface area is 158 Å². The van der Waals surface area contributed by atoms with Crippen LogP contribution in [0.2, 0.25) is 0 Å². The molecule has 7 heteroatoms. The summed E-state index contributed by atoms with van der Waals surface area (Å²) in [5.41, 5.74) is 1.36. The van der Waals surface area contributed by atoms with Gasteiger partial charge < -0.3 is 15.0 Å². The quantitative estimate of drug-likeness (QED) is 0.768. The number of anilines is 1. The largest absolute Gasteiger partial charge is 0.465 e. The summed E-state index contributed by atoms with van der Waals surface area (Å²) in [6.07, 6.45) is 2.76. The number of nitrogens with one attached hydrogen (secondary N) is 1. The van der Waals surface area contributed by atoms with E-state index in [2.05, 4.69) is 19.2 Å². The van der Waals surface area contributed by atoms with E-state index in [1.165, 1.54) is 18.4 Å². The van der Waals surface area contributed by atoms with Gasteiger partial charge in [0.15, 0.2) is 0 Å². The predicted octanol–water partition coefficient (Wildman–Crippen LogP) is 3.32. The summed E-state index contributed by atoms with van der Waals surface area (Å²) in [6.45, 7) is 7.14. The normalized spacial score (nSPS) is 17.3. The van der Waals surface area contributed by atoms with E-state index < -0.39 is 5.97 Å². The molecule has 26 heavy (non-hydrogen) atoms. The van der Waals surface area contributed by atoms with Gasteiger partial charge in [-0.15, -0.1) is 11.3 Å². The minimum Gasteiger partial charge on any atom is -0.465 e. The first-order chi connectivity index (χ1) is 12.4. The van der Waals surface area contributed by atoms with Gasteiger partial charge in [0.1, 0.15) is 5.00 Å². The van der Waals surface area contributed by atoms with Gasteiger partial charge in [-0.2, -0.15) is 0 Å². The molecule has 1 aliphatic rings. The second kappa shape index (κ2) is 9.16. The first-order valence-corrected chi connectivity index (χ1v) is 10.0. The molecule has 2 heterocycles. The van der Waals surface area contributed by atoms with Crippen molar-refractivity contribution in [1.82, 2.24) is 4.90 Å². The number of esters is 1. The van der Waals surface area contributed by atoms with Crippen LogP contribution in [-0.4, -0.2) is 42.9 Å². The zero-order valence-corrected chi connectivity index (χ0v) is 16.8. The number of rotatable bonds is 6. The molecule has 144 valence electrons. The average Bonchev–Trinajstić information content (AvgIpc) is 3.01. The van der Waals surface area contributed by atoms with Gasteiger partial charge in [0, 0.05) is 19.5 Å². The zero-order valence-electron chi connectivity index (χ0n) is 16.0. The maximum atomic E-state index is 12.7. The van der Waals surface area contributed by atoms with Crippen molar-refractivity contribution in [1.29, 1.82) is 0 Å². The van der Waals surface area contributed by atoms with Crippen LogP contribution in [0.3, 0.4) is 0 Å². The molecule has 0 radical (unpaired) electrons. The Morgan fingerprint density at radius 3 is 2.73 bits per heavy atom. The number of carbonyl (C=O) groups is 3. The molecular weight excluding hydrogens is 352 g/mol. The molecule has 1 aromatic heterocycles. The standard InChI is InChI=1S/C19H28N2O4S/c1-5-15(22)21-8-6-7-13(10-21)17(23)20-18-16(19(24)25-4)14(11-26-18)9-12(2)3/h11-13H,5-10H2,1-4H3,(H,20,23). The maximum Gasteiger partial charge on any atom is 0.341 e. The van der Waals surface area contributed by atoms with Gasteiger partial charge in [-0.1, -0.05) is 20.8 Å². The van der Waals surface area contributed by atoms with Crippen molar-refractivity contribution in [3.8, 4) is 0 Å². The van der Waals surface area contributed by atoms with Gasteiger partial charge in [-0.05, 0) is 36.1 Å². The van der Waals surface area contributed by atoms with Gasteiger partial charge in [0.25, 0.3) is 0 Å². The number of methoxy groups -OCH3 is 1. The minimum absolute atomic E-state index is 0.0769. The number of hydrogen-bond donors (Lipinski definition) is 1. The summed E-state index contributed by atoms with van der Waals surface area (Å²) in [6, 6.07) is 0. The molecule has 1 fully saturated rings. The van der Waals surface area contributed by atoms with Gasteiger partial charge in [0.2, 0.25) is 11.8 Å². The second-order valence-corrected chi connectivity index (χ2v) is 7.96. The third-order valence-electron chi connectivity index (χ3n) is 4.57. The number of thiophene rings is 1. The highest BCUT2D eigenvalue weighted by Gasteiger charge is 2.29. The van der Waals surface area contributed by atoms with Crippen molar-refractivity contribution in [2.24, 2.45) is 11.8 Å². The number of piperidine rings is 1. The van der Waals surface area contributed by atoms with Crippen molar-refractivity contribution < 1.29 is 19.1 Å². The van der Waals surface area contributed by atoms with Crippen LogP contribution < -0.4 is 5.32 Å². The van der Waals surface area contributed by atoms with Gasteiger partial charge in [0.05, 0.1) is 18.6 Å². The Morgan fingerprint density at radius 2 is 2.12 bits per heavy atom. The molecule has 1 unspecified atom stereocenters. The Morgan fingerprint density at radius 1 is 1.38 bits per heavy atom. The highest BCUT2D eigenvalue weighted by molar-refractivity contribution is 7.15. The molecule has 1 atom stereocenters. The number of likely N-dealkylation sites (tertiary alicyclic amines) is 1. The molecule has 2 amide bonds. The number of amides is 2. The molecule has 1 aliphatic heterocycles. The monoisotopic (exact) mass is 380 g/mol. The number of carbonyl (C=O) groups excluding carboxylic acids is 3. The first-order valence-electron chi connectivity index (χ1n) is 9.14. The molecule has 2 rings (SSSR count). The Hall–Kier alpha value is -1.89. The molecule has 6 nitrogen and oxygen atoms in total. The Kier molecular flexibility index (Phi) is 7.20. The number of ether oxygens (including phenoxy) is 1. The molecule has 0 aromatic carbocycles. The van der Waals surface area contributed by atoms with Crippen LogP contribution in [-0.2, 0) is 20.7 Å². The lowest BCUT2D eigenvalue weighted by Gasteiger charge is -2.31. The molecule has 0 aliphatic carbocycles. The van der Waals surface area contributed by atoms with E-state index in [0.29, 0.717) is 36.0 Å². The summed E-state index contributed by atoms with van der Waals surface area (Å²) >= 11 is 1.35. The first kappa shape index (κ1) is 20.4. The van der Waals surface area contributed by atoms with Crippen LogP contribution in [0.25, 0.3) is 0 Å². The molecule has 1 saturated heterocycles. The Bertz CT molecular complexity index is 668. The van der Waals surface area contributed by atoms with Crippen molar-refractivity contribution in [2.75, 3.05) is 25.5 Å². The molecule has 1 aromatic rings. The van der Waals surface area contributed by atoms with E-state index in [1.807, 2.05) is 12.3 Å². The fraction of sp³-hybridized carbons (Fsp3) is 0.632. The van der Waals surface area contributed by atoms with Crippen LogP contribution in [0.15, 0.2) is 5.38 Å². The molecule has 1 N–H and O–H groups in total. The highest BCUT2D eigenvalue weighted by Crippen LogP contribution is 2.31. The lowest BCUT2D eigenvalue weighted by Crippen LogP contribution is -2.43. The van der Waals surface area contributed by atoms with Crippen LogP contribution >= 0.6 is 11.3 Å². The van der Waals surface area contributed by atoms with Crippen molar-refractivity contribution in [3.05, 3.63) is 16.5 Å². The molecule has 0 saturated carbocycles. The van der Waals surface area contributed by atoms with Gasteiger partial charge in [-0.3, -0.25) is 9.59 Å². The fourth-order valence-electron chi connectivity index (χ4n) is 3.26. The molecule has 0 bridgehead atoms. The number of nitrogens with zero attached hydrogens (tertiary/aromatic N) is 1. The molecular formula is C19H28N2O4S. The van der Waals surface area contributed by atoms with Gasteiger partial charge in [-0.25, -0.2) is 4.79 Å². The van der Waals surface area contributed by atoms with E-state index >= 15 is 0 Å². The molecule has 0 spiro atoms. The smallest absolute Gasteiger partial charge is 0.341 e. The zero-order chi connectivity index (χ0) is 19.3. The van der Waals surface area contributed by atoms with E-state index in [1.54, 1.807) is 4.90 Å². The summed E-state index contributed by atoms with van der Waals surface area (Å²) in [7, 11) is 1.35. The Balaban J connectivity index is 2.14. The van der Waals surface area contributed by atoms with Crippen LogP contribution in [0, 0.1) is 11.8 Å². The van der Waals surface area contributed by atoms with E-state index in [4.69, 9.17) is 4.74 Å². The van der Waals surface area contributed by atoms with E-state index in [-0.39, 0.29) is 17.7 Å². The van der Waals surface area contributed by atoms with Crippen molar-refractivity contribution >= 4 is 34.1 Å². The van der Waals surface area contributed by atoms with E-state index in [0.717, 1.165) is 24.8 Å². The third-order valence-corrected chi connectivity index (χ3v) is 5.51. The lowest BCUT2D eigenvalue weighted by molar-refractivity contribution is -0.134. The van der Waals surface area contributed by atoms with Crippen LogP contribution in [0.4, 0.5) is 5.00 Å². The summed E-state index contributed by atoms with van der Waals surface area (Å²) in [5.74, 6) is -0.345. The van der Waals surface area contributed by atoms with E-state index in [9.17, 15) is 14.4 Å². The average molecular weight is 381 g/mol. The van der Waals surface area contributed by atoms with Crippen LogP contribution in [0.5, 0.6) is 0 Å². The second-order valence-electron chi connectivity index (χ2n) is 7.08. The third kappa shape index (κ3) is 4.84. The van der Waals surface area contributed by atoms with Gasteiger partial charge >= 0.3 is 5.97 Å². The number of hydrogen-bond acceptors (Lipinski definition) is 5. The maximum absolute atomic E-state index is 12.7. The van der Waals surface area contributed by atoms with Crippen molar-refractivity contribution in [3.63, 3.8) is 0 Å². The highest BCUT2D eigenvalue weighted by atomic mass is 32.1. The minimum atomic E-state index is -0.427. The predicted molar refractivity (Wildman–Crippen MR) is 102 cm³/mol. The SMILES string of the molecule is CCC(=O)N1CCCC(C(=O)Nc2scc(CC(C)C)c2C(=O)OC)C1. The van der Waals surface area contributed by atoms with Crippen LogP contribution in [0.1, 0.15) is 56.0 Å². The van der Waals surface area contributed by atoms with Crippen molar-refractivity contribution in [2.45, 2.75) is 46.5 Å². The fourth-order valence-corrected chi connectivity index (χ4v) is 4.22.